The minimum Gasteiger partial charge on any atom is -0.361 e. The van der Waals surface area contributed by atoms with Gasteiger partial charge in [0.1, 0.15) is 5.76 Å². The third-order valence-electron chi connectivity index (χ3n) is 4.73. The van der Waals surface area contributed by atoms with E-state index in [2.05, 4.69) is 26.2 Å². The minimum absolute atomic E-state index is 0.00412. The Bertz CT molecular complexity index is 696. The quantitative estimate of drug-likeness (QED) is 0.821. The molecule has 4 rings (SSSR count). The molecule has 2 saturated heterocycles. The molecule has 0 aromatic carbocycles. The van der Waals surface area contributed by atoms with Crippen molar-refractivity contribution in [2.75, 3.05) is 0 Å². The second kappa shape index (κ2) is 5.22. The molecule has 0 spiro atoms. The molecule has 4 heterocycles. The minimum atomic E-state index is 0.00412. The van der Waals surface area contributed by atoms with E-state index in [1.165, 1.54) is 0 Å². The van der Waals surface area contributed by atoms with Crippen LogP contribution in [0.3, 0.4) is 0 Å². The summed E-state index contributed by atoms with van der Waals surface area (Å²) in [5.41, 5.74) is 0.426. The first-order valence-corrected chi connectivity index (χ1v) is 8.37. The van der Waals surface area contributed by atoms with E-state index in [0.717, 1.165) is 30.2 Å². The molecular weight excluding hydrogens is 348 g/mol. The summed E-state index contributed by atoms with van der Waals surface area (Å²) >= 11 is 3.45. The van der Waals surface area contributed by atoms with Crippen LogP contribution in [0.5, 0.6) is 0 Å². The number of hydrogen-bond acceptors (Lipinski definition) is 4. The van der Waals surface area contributed by atoms with Crippen LogP contribution in [0.4, 0.5) is 0 Å². The van der Waals surface area contributed by atoms with Gasteiger partial charge in [-0.2, -0.15) is 5.10 Å². The number of fused-ring (bicyclic) bond motifs is 2. The topological polar surface area (TPSA) is 64.2 Å². The maximum absolute atomic E-state index is 12.7. The molecule has 6 nitrogen and oxygen atoms in total. The Morgan fingerprint density at radius 1 is 1.32 bits per heavy atom. The monoisotopic (exact) mass is 364 g/mol. The normalized spacial score (nSPS) is 27.4. The van der Waals surface area contributed by atoms with E-state index in [-0.39, 0.29) is 18.0 Å². The van der Waals surface area contributed by atoms with Gasteiger partial charge >= 0.3 is 0 Å². The molecule has 2 bridgehead atoms. The molecular formula is C15H17BrN4O2. The number of piperidine rings is 1. The lowest BCUT2D eigenvalue weighted by Gasteiger charge is -2.38. The Hall–Kier alpha value is -1.63. The number of aromatic nitrogens is 3. The van der Waals surface area contributed by atoms with Gasteiger partial charge in [-0.05, 0) is 48.5 Å². The summed E-state index contributed by atoms with van der Waals surface area (Å²) in [6, 6.07) is 2.64. The fraction of sp³-hybridized carbons (Fsp3) is 0.533. The molecule has 0 N–H and O–H groups in total. The summed E-state index contributed by atoms with van der Waals surface area (Å²) in [6.45, 7) is 1.81. The highest BCUT2D eigenvalue weighted by molar-refractivity contribution is 9.10. The van der Waals surface area contributed by atoms with Gasteiger partial charge in [-0.25, -0.2) is 0 Å². The molecule has 2 aliphatic rings. The van der Waals surface area contributed by atoms with Gasteiger partial charge < -0.3 is 9.42 Å². The number of amides is 1. The van der Waals surface area contributed by atoms with Crippen LogP contribution < -0.4 is 0 Å². The molecule has 22 heavy (non-hydrogen) atoms. The Morgan fingerprint density at radius 2 is 2.05 bits per heavy atom. The number of hydrogen-bond donors (Lipinski definition) is 0. The van der Waals surface area contributed by atoms with E-state index in [1.807, 2.05) is 22.0 Å². The fourth-order valence-corrected chi connectivity index (χ4v) is 4.11. The molecule has 2 aromatic heterocycles. The SMILES string of the molecule is Cc1cc(C(=O)N2C3CCC2CC(n2cc(Br)cn2)C3)no1. The highest BCUT2D eigenvalue weighted by Gasteiger charge is 2.44. The number of halogens is 1. The summed E-state index contributed by atoms with van der Waals surface area (Å²) in [4.78, 5) is 14.7. The second-order valence-electron chi connectivity index (χ2n) is 6.18. The molecule has 1 amide bonds. The van der Waals surface area contributed by atoms with E-state index in [9.17, 15) is 4.79 Å². The zero-order valence-electron chi connectivity index (χ0n) is 12.3. The Morgan fingerprint density at radius 3 is 2.59 bits per heavy atom. The Kier molecular flexibility index (Phi) is 3.32. The van der Waals surface area contributed by atoms with Crippen molar-refractivity contribution in [1.29, 1.82) is 0 Å². The van der Waals surface area contributed by atoms with Crippen LogP contribution in [0.15, 0.2) is 27.5 Å². The molecule has 2 aromatic rings. The van der Waals surface area contributed by atoms with E-state index >= 15 is 0 Å². The van der Waals surface area contributed by atoms with Crippen molar-refractivity contribution >= 4 is 21.8 Å². The lowest BCUT2D eigenvalue weighted by molar-refractivity contribution is 0.0514. The highest BCUT2D eigenvalue weighted by atomic mass is 79.9. The number of carbonyl (C=O) groups is 1. The maximum Gasteiger partial charge on any atom is 0.276 e. The number of carbonyl (C=O) groups excluding carboxylic acids is 1. The number of rotatable bonds is 2. The molecule has 2 aliphatic heterocycles. The summed E-state index contributed by atoms with van der Waals surface area (Å²) in [5, 5.41) is 8.28. The van der Waals surface area contributed by atoms with Crippen LogP contribution in [0, 0.1) is 6.92 Å². The van der Waals surface area contributed by atoms with Crippen LogP contribution in [0.1, 0.15) is 48.0 Å². The summed E-state index contributed by atoms with van der Waals surface area (Å²) < 4.78 is 8.07. The Balaban J connectivity index is 1.55. The summed E-state index contributed by atoms with van der Waals surface area (Å²) in [6.07, 6.45) is 7.86. The highest BCUT2D eigenvalue weighted by Crippen LogP contribution is 2.41. The molecule has 7 heteroatoms. The molecule has 2 atom stereocenters. The van der Waals surface area contributed by atoms with Gasteiger partial charge in [-0.1, -0.05) is 5.16 Å². The fourth-order valence-electron chi connectivity index (χ4n) is 3.81. The van der Waals surface area contributed by atoms with Crippen molar-refractivity contribution in [3.63, 3.8) is 0 Å². The van der Waals surface area contributed by atoms with Gasteiger partial charge in [0.05, 0.1) is 16.7 Å². The van der Waals surface area contributed by atoms with Gasteiger partial charge in [0.15, 0.2) is 5.69 Å². The van der Waals surface area contributed by atoms with Crippen molar-refractivity contribution in [3.05, 3.63) is 34.4 Å². The first-order chi connectivity index (χ1) is 10.6. The number of nitrogens with zero attached hydrogens (tertiary/aromatic N) is 4. The second-order valence-corrected chi connectivity index (χ2v) is 7.10. The van der Waals surface area contributed by atoms with Gasteiger partial charge in [0.2, 0.25) is 0 Å². The third-order valence-corrected chi connectivity index (χ3v) is 5.14. The van der Waals surface area contributed by atoms with Crippen LogP contribution in [-0.2, 0) is 0 Å². The molecule has 0 saturated carbocycles. The predicted octanol–water partition coefficient (Wildman–Crippen LogP) is 2.95. The van der Waals surface area contributed by atoms with Gasteiger partial charge in [-0.15, -0.1) is 0 Å². The molecule has 116 valence electrons. The average molecular weight is 365 g/mol. The summed E-state index contributed by atoms with van der Waals surface area (Å²) in [5.74, 6) is 0.677. The van der Waals surface area contributed by atoms with Crippen LogP contribution in [-0.4, -0.2) is 37.8 Å². The van der Waals surface area contributed by atoms with E-state index < -0.39 is 0 Å². The van der Waals surface area contributed by atoms with Crippen molar-refractivity contribution in [1.82, 2.24) is 19.8 Å². The van der Waals surface area contributed by atoms with Crippen molar-refractivity contribution < 1.29 is 9.32 Å². The largest absolute Gasteiger partial charge is 0.361 e. The van der Waals surface area contributed by atoms with Gasteiger partial charge in [-0.3, -0.25) is 9.48 Å². The van der Waals surface area contributed by atoms with Gasteiger partial charge in [0, 0.05) is 24.3 Å². The van der Waals surface area contributed by atoms with Crippen LogP contribution in [0.2, 0.25) is 0 Å². The van der Waals surface area contributed by atoms with Crippen molar-refractivity contribution in [3.8, 4) is 0 Å². The molecule has 0 aliphatic carbocycles. The van der Waals surface area contributed by atoms with E-state index in [1.54, 1.807) is 13.0 Å². The first kappa shape index (κ1) is 14.0. The average Bonchev–Trinajstić information content (AvgIpc) is 3.17. The maximum atomic E-state index is 12.7. The molecule has 2 unspecified atom stereocenters. The first-order valence-electron chi connectivity index (χ1n) is 7.57. The third kappa shape index (κ3) is 2.27. The van der Waals surface area contributed by atoms with Crippen LogP contribution in [0.25, 0.3) is 0 Å². The molecule has 0 radical (unpaired) electrons. The zero-order chi connectivity index (χ0) is 15.3. The van der Waals surface area contributed by atoms with Gasteiger partial charge in [0.25, 0.3) is 5.91 Å². The van der Waals surface area contributed by atoms with E-state index in [4.69, 9.17) is 4.52 Å². The smallest absolute Gasteiger partial charge is 0.276 e. The Labute approximate surface area is 136 Å². The molecule has 2 fully saturated rings. The zero-order valence-corrected chi connectivity index (χ0v) is 13.9. The summed E-state index contributed by atoms with van der Waals surface area (Å²) in [7, 11) is 0. The lowest BCUT2D eigenvalue weighted by atomic mass is 9.97. The van der Waals surface area contributed by atoms with Crippen molar-refractivity contribution in [2.24, 2.45) is 0 Å². The lowest BCUT2D eigenvalue weighted by Crippen LogP contribution is -2.47. The van der Waals surface area contributed by atoms with Crippen LogP contribution >= 0.6 is 15.9 Å². The van der Waals surface area contributed by atoms with E-state index in [0.29, 0.717) is 17.5 Å². The predicted molar refractivity (Wildman–Crippen MR) is 82.4 cm³/mol. The number of aryl methyl sites for hydroxylation is 1. The van der Waals surface area contributed by atoms with Crippen molar-refractivity contribution in [2.45, 2.75) is 50.7 Å². The standard InChI is InChI=1S/C15H17BrN4O2/c1-9-4-14(18-22-9)15(21)20-11-2-3-12(20)6-13(5-11)19-8-10(16)7-17-19/h4,7-8,11-13H,2-3,5-6H2,1H3.